The van der Waals surface area contributed by atoms with Crippen LogP contribution in [0.1, 0.15) is 27.9 Å². The maximum atomic E-state index is 13.8. The number of aromatic amines is 2. The largest absolute Gasteiger partial charge is 0.295 e. The molecular weight excluding hydrogens is 436 g/mol. The van der Waals surface area contributed by atoms with Crippen LogP contribution in [0.2, 0.25) is 0 Å². The summed E-state index contributed by atoms with van der Waals surface area (Å²) in [5.74, 6) is 0. The normalized spacial score (nSPS) is 12.1. The molecule has 0 atom stereocenters. The lowest BCUT2D eigenvalue weighted by atomic mass is 9.96. The van der Waals surface area contributed by atoms with Gasteiger partial charge in [-0.15, -0.1) is 0 Å². The van der Waals surface area contributed by atoms with Crippen molar-refractivity contribution in [2.45, 2.75) is 20.8 Å². The van der Waals surface area contributed by atoms with Crippen molar-refractivity contribution in [2.75, 3.05) is 0 Å². The minimum Gasteiger partial charge on any atom is -0.295 e. The zero-order valence-electron chi connectivity index (χ0n) is 19.9. The molecule has 0 saturated carbocycles. The highest BCUT2D eigenvalue weighted by Gasteiger charge is 2.21. The van der Waals surface area contributed by atoms with E-state index in [1.807, 2.05) is 99.6 Å². The van der Waals surface area contributed by atoms with Gasteiger partial charge >= 0.3 is 0 Å². The van der Waals surface area contributed by atoms with Crippen LogP contribution in [0.4, 0.5) is 0 Å². The number of aromatic nitrogens is 4. The van der Waals surface area contributed by atoms with Gasteiger partial charge in [-0.3, -0.25) is 19.8 Å². The van der Waals surface area contributed by atoms with E-state index in [0.717, 1.165) is 22.4 Å². The lowest BCUT2D eigenvalue weighted by Gasteiger charge is -2.06. The van der Waals surface area contributed by atoms with Crippen molar-refractivity contribution in [1.82, 2.24) is 19.6 Å². The van der Waals surface area contributed by atoms with Gasteiger partial charge in [-0.1, -0.05) is 72.3 Å². The van der Waals surface area contributed by atoms with Crippen LogP contribution in [-0.4, -0.2) is 19.6 Å². The first-order chi connectivity index (χ1) is 16.8. The number of nitrogens with zero attached hydrogens (tertiary/aromatic N) is 2. The average Bonchev–Trinajstić information content (AvgIpc) is 3.31. The van der Waals surface area contributed by atoms with Crippen molar-refractivity contribution < 1.29 is 0 Å². The Hall–Kier alpha value is -4.58. The second-order valence-electron chi connectivity index (χ2n) is 8.77. The molecule has 0 amide bonds. The van der Waals surface area contributed by atoms with Gasteiger partial charge in [-0.25, -0.2) is 9.36 Å². The Kier molecular flexibility index (Phi) is 5.49. The Bertz CT molecular complexity index is 1750. The van der Waals surface area contributed by atoms with E-state index in [4.69, 9.17) is 0 Å². The van der Waals surface area contributed by atoms with E-state index >= 15 is 0 Å². The molecule has 2 heterocycles. The van der Waals surface area contributed by atoms with E-state index in [-0.39, 0.29) is 11.1 Å². The molecule has 0 aliphatic rings. The molecule has 0 radical (unpaired) electrons. The number of nitrogens with one attached hydrogen (secondary N) is 2. The number of benzene rings is 3. The van der Waals surface area contributed by atoms with Crippen LogP contribution in [0.3, 0.4) is 0 Å². The molecular formula is C29H26N4O2. The molecule has 3 aromatic carbocycles. The summed E-state index contributed by atoms with van der Waals surface area (Å²) in [7, 11) is 0. The Balaban J connectivity index is 1.86. The molecule has 0 aliphatic carbocycles. The SMILES string of the molecule is C=c1[nH]n(-c2ccc(C)cc2)c(=O)c1=C(c1ccccc1)c1c(C)[nH]n(-c2ccc(C)cc2)c1=O. The van der Waals surface area contributed by atoms with E-state index in [2.05, 4.69) is 16.8 Å². The summed E-state index contributed by atoms with van der Waals surface area (Å²) in [6, 6.07) is 24.9. The Morgan fingerprint density at radius 1 is 0.686 bits per heavy atom. The minimum absolute atomic E-state index is 0.230. The molecule has 35 heavy (non-hydrogen) atoms. The molecule has 6 heteroatoms. The Labute approximate surface area is 202 Å². The minimum atomic E-state index is -0.264. The predicted octanol–water partition coefficient (Wildman–Crippen LogP) is 3.23. The second kappa shape index (κ2) is 8.65. The molecule has 0 fully saturated rings. The van der Waals surface area contributed by atoms with Gasteiger partial charge < -0.3 is 0 Å². The monoisotopic (exact) mass is 462 g/mol. The molecule has 0 aliphatic heterocycles. The molecule has 174 valence electrons. The van der Waals surface area contributed by atoms with Crippen molar-refractivity contribution >= 4 is 12.2 Å². The van der Waals surface area contributed by atoms with E-state index in [1.165, 1.54) is 9.36 Å². The summed E-state index contributed by atoms with van der Waals surface area (Å²) < 4.78 is 2.99. The van der Waals surface area contributed by atoms with Gasteiger partial charge in [0, 0.05) is 11.3 Å². The fourth-order valence-corrected chi connectivity index (χ4v) is 4.35. The van der Waals surface area contributed by atoms with Gasteiger partial charge in [0.25, 0.3) is 11.1 Å². The first-order valence-corrected chi connectivity index (χ1v) is 11.4. The summed E-state index contributed by atoms with van der Waals surface area (Å²) >= 11 is 0. The summed E-state index contributed by atoms with van der Waals surface area (Å²) in [5, 5.41) is 7.11. The molecule has 0 bridgehead atoms. The lowest BCUT2D eigenvalue weighted by molar-refractivity contribution is 0.835. The molecule has 0 saturated heterocycles. The van der Waals surface area contributed by atoms with Crippen molar-refractivity contribution in [3.63, 3.8) is 0 Å². The maximum Gasteiger partial charge on any atom is 0.279 e. The summed E-state index contributed by atoms with van der Waals surface area (Å²) in [6.45, 7) is 9.97. The smallest absolute Gasteiger partial charge is 0.279 e. The lowest BCUT2D eigenvalue weighted by Crippen LogP contribution is -2.38. The third-order valence-corrected chi connectivity index (χ3v) is 6.18. The molecule has 6 nitrogen and oxygen atoms in total. The van der Waals surface area contributed by atoms with Gasteiger partial charge in [0.1, 0.15) is 0 Å². The third-order valence-electron chi connectivity index (χ3n) is 6.18. The van der Waals surface area contributed by atoms with E-state index in [1.54, 1.807) is 0 Å². The van der Waals surface area contributed by atoms with Gasteiger partial charge in [-0.2, -0.15) is 0 Å². The quantitative estimate of drug-likeness (QED) is 0.430. The Morgan fingerprint density at radius 3 is 1.74 bits per heavy atom. The Morgan fingerprint density at radius 2 is 1.20 bits per heavy atom. The number of H-pyrrole nitrogens is 2. The van der Waals surface area contributed by atoms with Crippen molar-refractivity contribution in [2.24, 2.45) is 0 Å². The number of aryl methyl sites for hydroxylation is 3. The van der Waals surface area contributed by atoms with E-state index in [9.17, 15) is 9.59 Å². The average molecular weight is 463 g/mol. The van der Waals surface area contributed by atoms with Crippen LogP contribution in [0.5, 0.6) is 0 Å². The predicted molar refractivity (Wildman–Crippen MR) is 140 cm³/mol. The number of rotatable bonds is 4. The van der Waals surface area contributed by atoms with Gasteiger partial charge in [0.2, 0.25) is 0 Å². The number of hydrogen-bond acceptors (Lipinski definition) is 2. The van der Waals surface area contributed by atoms with Crippen LogP contribution in [0.25, 0.3) is 23.5 Å². The van der Waals surface area contributed by atoms with Gasteiger partial charge in [0.15, 0.2) is 0 Å². The standard InChI is InChI=1S/C29H26N4O2/c1-18-10-14-23(15-11-18)32-28(34)25(20(3)30-32)27(22-8-6-5-7-9-22)26-21(4)31-33(29(26)35)24-16-12-19(2)13-17-24/h5-17,30-31H,3H2,1-2,4H3. The highest BCUT2D eigenvalue weighted by Crippen LogP contribution is 2.21. The van der Waals surface area contributed by atoms with Gasteiger partial charge in [0.05, 0.1) is 27.5 Å². The molecule has 5 aromatic rings. The topological polar surface area (TPSA) is 75.6 Å². The molecule has 2 aromatic heterocycles. The van der Waals surface area contributed by atoms with Gasteiger partial charge in [-0.05, 0) is 50.6 Å². The fourth-order valence-electron chi connectivity index (χ4n) is 4.35. The molecule has 0 spiro atoms. The van der Waals surface area contributed by atoms with Crippen LogP contribution in [0.15, 0.2) is 88.5 Å². The zero-order chi connectivity index (χ0) is 24.7. The maximum absolute atomic E-state index is 13.8. The van der Waals surface area contributed by atoms with E-state index in [0.29, 0.717) is 33.1 Å². The third kappa shape index (κ3) is 3.89. The number of hydrogen-bond donors (Lipinski definition) is 2. The van der Waals surface area contributed by atoms with Crippen molar-refractivity contribution in [3.05, 3.63) is 138 Å². The van der Waals surface area contributed by atoms with Crippen molar-refractivity contribution in [1.29, 1.82) is 0 Å². The second-order valence-corrected chi connectivity index (χ2v) is 8.77. The summed E-state index contributed by atoms with van der Waals surface area (Å²) in [4.78, 5) is 27.5. The van der Waals surface area contributed by atoms with Crippen LogP contribution >= 0.6 is 0 Å². The van der Waals surface area contributed by atoms with Crippen LogP contribution in [0, 0.1) is 20.8 Å². The zero-order valence-corrected chi connectivity index (χ0v) is 19.9. The first kappa shape index (κ1) is 22.2. The highest BCUT2D eigenvalue weighted by molar-refractivity contribution is 5.80. The highest BCUT2D eigenvalue weighted by atomic mass is 16.1. The summed E-state index contributed by atoms with van der Waals surface area (Å²) in [6.07, 6.45) is 0. The van der Waals surface area contributed by atoms with Crippen LogP contribution < -0.4 is 21.7 Å². The molecule has 5 rings (SSSR count). The van der Waals surface area contributed by atoms with Crippen molar-refractivity contribution in [3.8, 4) is 11.4 Å². The first-order valence-electron chi connectivity index (χ1n) is 11.4. The van der Waals surface area contributed by atoms with Crippen LogP contribution in [-0.2, 0) is 0 Å². The molecule has 0 unspecified atom stereocenters. The summed E-state index contributed by atoms with van der Waals surface area (Å²) in [5.41, 5.74) is 5.55. The van der Waals surface area contributed by atoms with E-state index < -0.39 is 0 Å². The fraction of sp³-hybridized carbons (Fsp3) is 0.103. The molecule has 2 N–H and O–H groups in total.